The Morgan fingerprint density at radius 1 is 1.23 bits per heavy atom. The van der Waals surface area contributed by atoms with Crippen molar-refractivity contribution in [2.45, 2.75) is 6.54 Å². The number of piperazine rings is 1. The molecule has 1 N–H and O–H groups in total. The molecule has 0 aromatic heterocycles. The highest BCUT2D eigenvalue weighted by Crippen LogP contribution is 2.05. The zero-order valence-electron chi connectivity index (χ0n) is 7.74. The monoisotopic (exact) mass is 175 g/mol. The van der Waals surface area contributed by atoms with Crippen LogP contribution in [0.3, 0.4) is 0 Å². The number of rotatable bonds is 2. The topological polar surface area (TPSA) is 15.3 Å². The van der Waals surface area contributed by atoms with Crippen molar-refractivity contribution in [2.24, 2.45) is 0 Å². The first-order valence-electron chi connectivity index (χ1n) is 4.76. The van der Waals surface area contributed by atoms with Crippen LogP contribution < -0.4 is 5.32 Å². The number of hydrogen-bond donors (Lipinski definition) is 1. The van der Waals surface area contributed by atoms with Gasteiger partial charge in [-0.15, -0.1) is 0 Å². The molecule has 2 nitrogen and oxygen atoms in total. The van der Waals surface area contributed by atoms with Gasteiger partial charge in [0.15, 0.2) is 0 Å². The van der Waals surface area contributed by atoms with Gasteiger partial charge in [0.2, 0.25) is 0 Å². The number of benzene rings is 1. The molecule has 13 heavy (non-hydrogen) atoms. The summed E-state index contributed by atoms with van der Waals surface area (Å²) < 4.78 is 0. The summed E-state index contributed by atoms with van der Waals surface area (Å²) in [6.45, 7) is 6.47. The SMILES string of the molecule is [CH]1CN(Cc2ccccc2)CCN1. The van der Waals surface area contributed by atoms with E-state index >= 15 is 0 Å². The molecule has 0 spiro atoms. The first-order chi connectivity index (χ1) is 6.45. The summed E-state index contributed by atoms with van der Waals surface area (Å²) in [6, 6.07) is 10.6. The quantitative estimate of drug-likeness (QED) is 0.728. The first-order valence-corrected chi connectivity index (χ1v) is 4.76. The van der Waals surface area contributed by atoms with Crippen molar-refractivity contribution in [3.05, 3.63) is 42.4 Å². The van der Waals surface area contributed by atoms with E-state index in [2.05, 4.69) is 47.1 Å². The fourth-order valence-corrected chi connectivity index (χ4v) is 1.59. The molecule has 1 aliphatic heterocycles. The van der Waals surface area contributed by atoms with E-state index in [4.69, 9.17) is 0 Å². The van der Waals surface area contributed by atoms with Gasteiger partial charge in [-0.05, 0) is 5.56 Å². The minimum atomic E-state index is 1.05. The lowest BCUT2D eigenvalue weighted by molar-refractivity contribution is 0.255. The van der Waals surface area contributed by atoms with Crippen molar-refractivity contribution in [3.8, 4) is 0 Å². The Balaban J connectivity index is 1.90. The Bertz CT molecular complexity index is 240. The highest BCUT2D eigenvalue weighted by Gasteiger charge is 2.09. The largest absolute Gasteiger partial charge is 0.310 e. The van der Waals surface area contributed by atoms with Gasteiger partial charge in [-0.3, -0.25) is 4.90 Å². The molecule has 1 heterocycles. The smallest absolute Gasteiger partial charge is 0.0362 e. The molecule has 1 aromatic carbocycles. The van der Waals surface area contributed by atoms with Gasteiger partial charge in [-0.2, -0.15) is 0 Å². The zero-order chi connectivity index (χ0) is 8.93. The van der Waals surface area contributed by atoms with E-state index in [9.17, 15) is 0 Å². The molecule has 69 valence electrons. The van der Waals surface area contributed by atoms with Gasteiger partial charge in [0.05, 0.1) is 0 Å². The molecule has 2 rings (SSSR count). The third-order valence-corrected chi connectivity index (χ3v) is 2.32. The van der Waals surface area contributed by atoms with Gasteiger partial charge < -0.3 is 5.32 Å². The van der Waals surface area contributed by atoms with Crippen LogP contribution in [-0.2, 0) is 6.54 Å². The van der Waals surface area contributed by atoms with Crippen LogP contribution in [0.1, 0.15) is 5.56 Å². The van der Waals surface area contributed by atoms with Crippen LogP contribution >= 0.6 is 0 Å². The summed E-state index contributed by atoms with van der Waals surface area (Å²) in [6.07, 6.45) is 0. The predicted molar refractivity (Wildman–Crippen MR) is 54.0 cm³/mol. The molecule has 1 fully saturated rings. The highest BCUT2D eigenvalue weighted by atomic mass is 15.2. The molecule has 0 atom stereocenters. The highest BCUT2D eigenvalue weighted by molar-refractivity contribution is 5.14. The van der Waals surface area contributed by atoms with Crippen LogP contribution in [-0.4, -0.2) is 24.5 Å². The number of nitrogens with one attached hydrogen (secondary N) is 1. The summed E-state index contributed by atoms with van der Waals surface area (Å²) >= 11 is 0. The van der Waals surface area contributed by atoms with E-state index in [0.717, 1.165) is 26.2 Å². The predicted octanol–water partition coefficient (Wildman–Crippen LogP) is 1.25. The van der Waals surface area contributed by atoms with Gasteiger partial charge in [-0.25, -0.2) is 0 Å². The molecule has 0 unspecified atom stereocenters. The zero-order valence-corrected chi connectivity index (χ0v) is 7.74. The van der Waals surface area contributed by atoms with Gasteiger partial charge in [0, 0.05) is 32.7 Å². The Hall–Kier alpha value is -0.860. The second kappa shape index (κ2) is 4.40. The summed E-state index contributed by atoms with van der Waals surface area (Å²) in [4.78, 5) is 2.44. The molecular weight excluding hydrogens is 160 g/mol. The van der Waals surface area contributed by atoms with Crippen LogP contribution in [0.4, 0.5) is 0 Å². The van der Waals surface area contributed by atoms with Crippen molar-refractivity contribution in [1.29, 1.82) is 0 Å². The summed E-state index contributed by atoms with van der Waals surface area (Å²) in [5.41, 5.74) is 1.40. The molecule has 0 saturated carbocycles. The summed E-state index contributed by atoms with van der Waals surface area (Å²) in [5, 5.41) is 3.23. The minimum Gasteiger partial charge on any atom is -0.310 e. The Kier molecular flexibility index (Phi) is 2.95. The van der Waals surface area contributed by atoms with Crippen molar-refractivity contribution < 1.29 is 0 Å². The number of hydrogen-bond acceptors (Lipinski definition) is 2. The lowest BCUT2D eigenvalue weighted by Gasteiger charge is -2.26. The Labute approximate surface area is 79.6 Å². The molecule has 0 aliphatic carbocycles. The first kappa shape index (κ1) is 8.73. The van der Waals surface area contributed by atoms with Crippen molar-refractivity contribution in [1.82, 2.24) is 10.2 Å². The fraction of sp³-hybridized carbons (Fsp3) is 0.364. The van der Waals surface area contributed by atoms with Crippen LogP contribution in [0.2, 0.25) is 0 Å². The van der Waals surface area contributed by atoms with Crippen molar-refractivity contribution in [3.63, 3.8) is 0 Å². The molecule has 1 aliphatic rings. The second-order valence-corrected chi connectivity index (χ2v) is 3.38. The minimum absolute atomic E-state index is 1.05. The average molecular weight is 175 g/mol. The maximum atomic E-state index is 3.23. The average Bonchev–Trinajstić information content (AvgIpc) is 2.21. The van der Waals surface area contributed by atoms with E-state index in [-0.39, 0.29) is 0 Å². The van der Waals surface area contributed by atoms with Crippen LogP contribution in [0.15, 0.2) is 30.3 Å². The lowest BCUT2D eigenvalue weighted by atomic mass is 10.2. The van der Waals surface area contributed by atoms with Crippen LogP contribution in [0.5, 0.6) is 0 Å². The van der Waals surface area contributed by atoms with Gasteiger partial charge in [0.1, 0.15) is 0 Å². The fourth-order valence-electron chi connectivity index (χ4n) is 1.59. The van der Waals surface area contributed by atoms with Gasteiger partial charge >= 0.3 is 0 Å². The third kappa shape index (κ3) is 2.54. The Morgan fingerprint density at radius 3 is 2.77 bits per heavy atom. The van der Waals surface area contributed by atoms with Gasteiger partial charge in [-0.1, -0.05) is 30.3 Å². The van der Waals surface area contributed by atoms with Crippen LogP contribution in [0.25, 0.3) is 0 Å². The van der Waals surface area contributed by atoms with Crippen molar-refractivity contribution >= 4 is 0 Å². The normalized spacial score (nSPS) is 18.8. The molecule has 0 bridgehead atoms. The maximum absolute atomic E-state index is 3.23. The van der Waals surface area contributed by atoms with Gasteiger partial charge in [0.25, 0.3) is 0 Å². The molecule has 1 saturated heterocycles. The third-order valence-electron chi connectivity index (χ3n) is 2.32. The standard InChI is InChI=1S/C11H15N2/c1-2-4-11(5-3-1)10-13-8-6-12-7-9-13/h1-6,12H,7-10H2. The second-order valence-electron chi connectivity index (χ2n) is 3.38. The maximum Gasteiger partial charge on any atom is 0.0362 e. The molecule has 0 amide bonds. The lowest BCUT2D eigenvalue weighted by Crippen LogP contribution is -2.39. The van der Waals surface area contributed by atoms with E-state index in [1.54, 1.807) is 0 Å². The van der Waals surface area contributed by atoms with E-state index in [1.807, 2.05) is 0 Å². The van der Waals surface area contributed by atoms with Crippen molar-refractivity contribution in [2.75, 3.05) is 19.6 Å². The Morgan fingerprint density at radius 2 is 2.08 bits per heavy atom. The number of nitrogens with zero attached hydrogens (tertiary/aromatic N) is 1. The molecular formula is C11H15N2. The molecule has 1 radical (unpaired) electrons. The summed E-state index contributed by atoms with van der Waals surface area (Å²) in [7, 11) is 0. The van der Waals surface area contributed by atoms with Crippen LogP contribution in [0, 0.1) is 6.54 Å². The van der Waals surface area contributed by atoms with E-state index < -0.39 is 0 Å². The van der Waals surface area contributed by atoms with E-state index in [1.165, 1.54) is 5.56 Å². The molecule has 1 aromatic rings. The summed E-state index contributed by atoms with van der Waals surface area (Å²) in [5.74, 6) is 0. The molecule has 2 heteroatoms. The van der Waals surface area contributed by atoms with E-state index in [0.29, 0.717) is 0 Å².